The number of aromatic nitrogens is 3. The number of nitrogens with one attached hydrogen (secondary N) is 3. The molecule has 5 N–H and O–H groups in total. The first-order valence-electron chi connectivity index (χ1n) is 11.2. The molecule has 0 spiro atoms. The summed E-state index contributed by atoms with van der Waals surface area (Å²) in [4.78, 5) is 16.8. The number of anilines is 3. The van der Waals surface area contributed by atoms with E-state index in [-0.39, 0.29) is 5.91 Å². The molecule has 4 aromatic rings. The van der Waals surface area contributed by atoms with Gasteiger partial charge in [0.05, 0.1) is 18.5 Å². The Morgan fingerprint density at radius 1 is 1.15 bits per heavy atom. The van der Waals surface area contributed by atoms with Crippen LogP contribution in [0.5, 0.6) is 0 Å². The van der Waals surface area contributed by atoms with E-state index in [9.17, 15) is 4.79 Å². The fourth-order valence-corrected chi connectivity index (χ4v) is 4.09. The molecule has 1 aliphatic rings. The molecular formula is C24H27N7O2. The molecule has 1 saturated carbocycles. The van der Waals surface area contributed by atoms with Crippen LogP contribution in [0.1, 0.15) is 41.8 Å². The predicted molar refractivity (Wildman–Crippen MR) is 126 cm³/mol. The van der Waals surface area contributed by atoms with Crippen molar-refractivity contribution in [1.29, 1.82) is 0 Å². The Morgan fingerprint density at radius 2 is 1.97 bits per heavy atom. The quantitative estimate of drug-likeness (QED) is 0.342. The van der Waals surface area contributed by atoms with E-state index in [0.717, 1.165) is 48.5 Å². The Morgan fingerprint density at radius 3 is 2.73 bits per heavy atom. The molecule has 1 aliphatic carbocycles. The van der Waals surface area contributed by atoms with E-state index in [1.807, 2.05) is 30.5 Å². The molecule has 170 valence electrons. The Kier molecular flexibility index (Phi) is 5.95. The monoisotopic (exact) mass is 445 g/mol. The highest BCUT2D eigenvalue weighted by Crippen LogP contribution is 2.26. The lowest BCUT2D eigenvalue weighted by atomic mass is 9.92. The van der Waals surface area contributed by atoms with E-state index in [2.05, 4.69) is 26.0 Å². The van der Waals surface area contributed by atoms with Crippen molar-refractivity contribution in [3.05, 3.63) is 72.4 Å². The van der Waals surface area contributed by atoms with Gasteiger partial charge in [-0.3, -0.25) is 4.79 Å². The first kappa shape index (κ1) is 21.0. The zero-order valence-corrected chi connectivity index (χ0v) is 18.2. The summed E-state index contributed by atoms with van der Waals surface area (Å²) >= 11 is 0. The molecule has 1 fully saturated rings. The van der Waals surface area contributed by atoms with Crippen LogP contribution in [0.25, 0.3) is 5.65 Å². The summed E-state index contributed by atoms with van der Waals surface area (Å²) < 4.78 is 7.01. The SMILES string of the molecule is N[C@H]1CC[C@H](Nc2cc(Nc3ccc(C(=O)NCc4ccco4)cc3)c3nccn3n2)CC1. The first-order valence-corrected chi connectivity index (χ1v) is 11.2. The van der Waals surface area contributed by atoms with Gasteiger partial charge in [0, 0.05) is 41.8 Å². The van der Waals surface area contributed by atoms with Crippen molar-refractivity contribution < 1.29 is 9.21 Å². The maximum absolute atomic E-state index is 12.4. The molecule has 3 heterocycles. The first-order chi connectivity index (χ1) is 16.1. The van der Waals surface area contributed by atoms with Crippen LogP contribution in [0, 0.1) is 0 Å². The second-order valence-corrected chi connectivity index (χ2v) is 8.36. The minimum absolute atomic E-state index is 0.156. The van der Waals surface area contributed by atoms with Gasteiger partial charge in [-0.1, -0.05) is 0 Å². The lowest BCUT2D eigenvalue weighted by Crippen LogP contribution is -2.33. The van der Waals surface area contributed by atoms with Gasteiger partial charge in [0.15, 0.2) is 5.65 Å². The second kappa shape index (κ2) is 9.33. The molecule has 3 aromatic heterocycles. The summed E-state index contributed by atoms with van der Waals surface area (Å²) in [7, 11) is 0. The Bertz CT molecular complexity index is 1210. The van der Waals surface area contributed by atoms with E-state index < -0.39 is 0 Å². The van der Waals surface area contributed by atoms with Gasteiger partial charge < -0.3 is 26.1 Å². The van der Waals surface area contributed by atoms with Gasteiger partial charge in [-0.05, 0) is 62.1 Å². The third-order valence-electron chi connectivity index (χ3n) is 5.91. The van der Waals surface area contributed by atoms with E-state index in [1.165, 1.54) is 0 Å². The van der Waals surface area contributed by atoms with Crippen LogP contribution in [0.3, 0.4) is 0 Å². The molecule has 0 aliphatic heterocycles. The highest BCUT2D eigenvalue weighted by atomic mass is 16.3. The number of benzene rings is 1. The largest absolute Gasteiger partial charge is 0.467 e. The topological polar surface area (TPSA) is 123 Å². The van der Waals surface area contributed by atoms with Gasteiger partial charge in [-0.15, -0.1) is 5.10 Å². The molecule has 1 amide bonds. The van der Waals surface area contributed by atoms with E-state index in [0.29, 0.717) is 30.0 Å². The summed E-state index contributed by atoms with van der Waals surface area (Å²) in [5.41, 5.74) is 9.02. The number of imidazole rings is 1. The van der Waals surface area contributed by atoms with Gasteiger partial charge in [-0.2, -0.15) is 0 Å². The van der Waals surface area contributed by atoms with Gasteiger partial charge in [0.2, 0.25) is 0 Å². The summed E-state index contributed by atoms with van der Waals surface area (Å²) in [6, 6.07) is 13.6. The fourth-order valence-electron chi connectivity index (χ4n) is 4.09. The number of nitrogens with two attached hydrogens (primary N) is 1. The molecule has 5 rings (SSSR count). The van der Waals surface area contributed by atoms with Crippen LogP contribution in [-0.2, 0) is 6.54 Å². The van der Waals surface area contributed by atoms with Crippen molar-refractivity contribution in [1.82, 2.24) is 19.9 Å². The minimum Gasteiger partial charge on any atom is -0.467 e. The summed E-state index contributed by atoms with van der Waals surface area (Å²) in [6.07, 6.45) is 9.27. The zero-order valence-electron chi connectivity index (χ0n) is 18.2. The van der Waals surface area contributed by atoms with Crippen LogP contribution in [-0.4, -0.2) is 32.6 Å². The number of carbonyl (C=O) groups excluding carboxylic acids is 1. The van der Waals surface area contributed by atoms with Crippen molar-refractivity contribution in [2.75, 3.05) is 10.6 Å². The van der Waals surface area contributed by atoms with Crippen LogP contribution in [0.15, 0.2) is 65.5 Å². The molecule has 9 nitrogen and oxygen atoms in total. The average molecular weight is 446 g/mol. The Balaban J connectivity index is 1.28. The second-order valence-electron chi connectivity index (χ2n) is 8.36. The lowest BCUT2D eigenvalue weighted by Gasteiger charge is -2.27. The molecular weight excluding hydrogens is 418 g/mol. The number of furan rings is 1. The van der Waals surface area contributed by atoms with Gasteiger partial charge in [-0.25, -0.2) is 9.50 Å². The normalized spacial score (nSPS) is 18.2. The third-order valence-corrected chi connectivity index (χ3v) is 5.91. The molecule has 0 unspecified atom stereocenters. The molecule has 0 atom stereocenters. The highest BCUT2D eigenvalue weighted by Gasteiger charge is 2.19. The Labute approximate surface area is 191 Å². The lowest BCUT2D eigenvalue weighted by molar-refractivity contribution is 0.0948. The van der Waals surface area contributed by atoms with Gasteiger partial charge in [0.1, 0.15) is 11.6 Å². The summed E-state index contributed by atoms with van der Waals surface area (Å²) in [5.74, 6) is 1.34. The maximum atomic E-state index is 12.4. The summed E-state index contributed by atoms with van der Waals surface area (Å²) in [5, 5.41) is 14.4. The summed E-state index contributed by atoms with van der Waals surface area (Å²) in [6.45, 7) is 0.351. The van der Waals surface area contributed by atoms with E-state index >= 15 is 0 Å². The number of rotatable bonds is 7. The van der Waals surface area contributed by atoms with Crippen molar-refractivity contribution in [3.63, 3.8) is 0 Å². The minimum atomic E-state index is -0.156. The van der Waals surface area contributed by atoms with Gasteiger partial charge >= 0.3 is 0 Å². The maximum Gasteiger partial charge on any atom is 0.251 e. The van der Waals surface area contributed by atoms with Crippen LogP contribution >= 0.6 is 0 Å². The van der Waals surface area contributed by atoms with Crippen molar-refractivity contribution in [2.24, 2.45) is 5.73 Å². The molecule has 9 heteroatoms. The number of hydrogen-bond acceptors (Lipinski definition) is 7. The smallest absolute Gasteiger partial charge is 0.251 e. The van der Waals surface area contributed by atoms with Gasteiger partial charge in [0.25, 0.3) is 5.91 Å². The average Bonchev–Trinajstić information content (AvgIpc) is 3.52. The highest BCUT2D eigenvalue weighted by molar-refractivity contribution is 5.94. The van der Waals surface area contributed by atoms with E-state index in [1.54, 1.807) is 35.2 Å². The van der Waals surface area contributed by atoms with E-state index in [4.69, 9.17) is 10.2 Å². The third kappa shape index (κ3) is 4.98. The number of hydrogen-bond donors (Lipinski definition) is 4. The molecule has 0 saturated heterocycles. The fraction of sp³-hybridized carbons (Fsp3) is 0.292. The van der Waals surface area contributed by atoms with Crippen LogP contribution in [0.2, 0.25) is 0 Å². The number of nitrogens with zero attached hydrogens (tertiary/aromatic N) is 3. The Hall–Kier alpha value is -3.85. The van der Waals surface area contributed by atoms with Crippen LogP contribution in [0.4, 0.5) is 17.2 Å². The molecule has 1 aromatic carbocycles. The van der Waals surface area contributed by atoms with Crippen molar-refractivity contribution in [3.8, 4) is 0 Å². The number of carbonyl (C=O) groups is 1. The van der Waals surface area contributed by atoms with Crippen molar-refractivity contribution in [2.45, 2.75) is 44.3 Å². The molecule has 33 heavy (non-hydrogen) atoms. The standard InChI is InChI=1S/C24H27N7O2/c25-17-5-9-19(10-6-17)29-22-14-21(23-26-11-12-31(23)30-22)28-18-7-3-16(4-8-18)24(32)27-15-20-2-1-13-33-20/h1-4,7-8,11-14,17,19,28H,5-6,9-10,15,25H2,(H,27,32)(H,29,30)/t17-,19-. The number of amides is 1. The number of fused-ring (bicyclic) bond motifs is 1. The molecule has 0 radical (unpaired) electrons. The molecule has 0 bridgehead atoms. The zero-order chi connectivity index (χ0) is 22.6. The van der Waals surface area contributed by atoms with Crippen molar-refractivity contribution >= 4 is 28.7 Å². The van der Waals surface area contributed by atoms with Crippen LogP contribution < -0.4 is 21.7 Å². The predicted octanol–water partition coefficient (Wildman–Crippen LogP) is 3.68.